The van der Waals surface area contributed by atoms with Crippen molar-refractivity contribution in [3.63, 3.8) is 0 Å². The molecule has 0 spiro atoms. The highest BCUT2D eigenvalue weighted by atomic mass is 19.1. The first-order valence-corrected chi connectivity index (χ1v) is 8.06. The number of benzene rings is 2. The van der Waals surface area contributed by atoms with Gasteiger partial charge in [-0.05, 0) is 36.6 Å². The summed E-state index contributed by atoms with van der Waals surface area (Å²) in [6.07, 6.45) is 2.88. The number of amides is 1. The Hall–Kier alpha value is -2.69. The molecule has 0 bridgehead atoms. The average Bonchev–Trinajstić information content (AvgIpc) is 2.58. The van der Waals surface area contributed by atoms with Gasteiger partial charge in [0.25, 0.3) is 0 Å². The van der Waals surface area contributed by atoms with E-state index in [1.807, 2.05) is 17.0 Å². The molecule has 4 nitrogen and oxygen atoms in total. The maximum Gasteiger partial charge on any atom is 0.229 e. The zero-order valence-electron chi connectivity index (χ0n) is 13.3. The molecular weight excluding hydrogens is 305 g/mol. The molecule has 3 N–H and O–H groups in total. The van der Waals surface area contributed by atoms with E-state index in [0.717, 1.165) is 31.5 Å². The van der Waals surface area contributed by atoms with Gasteiger partial charge in [0, 0.05) is 24.2 Å². The molecule has 2 aromatic rings. The van der Waals surface area contributed by atoms with E-state index >= 15 is 0 Å². The van der Waals surface area contributed by atoms with E-state index in [4.69, 9.17) is 11.1 Å². The fourth-order valence-electron chi connectivity index (χ4n) is 3.17. The summed E-state index contributed by atoms with van der Waals surface area (Å²) >= 11 is 0. The lowest BCUT2D eigenvalue weighted by Gasteiger charge is -2.29. The minimum atomic E-state index is -0.818. The number of carbonyl (C=O) groups is 1. The molecule has 0 radical (unpaired) electrons. The second-order valence-corrected chi connectivity index (χ2v) is 6.00. The average molecular weight is 325 g/mol. The maximum absolute atomic E-state index is 14.1. The van der Waals surface area contributed by atoms with Gasteiger partial charge in [-0.25, -0.2) is 4.39 Å². The number of anilines is 1. The number of rotatable bonds is 4. The van der Waals surface area contributed by atoms with Crippen LogP contribution in [0, 0.1) is 11.2 Å². The first kappa shape index (κ1) is 16.2. The van der Waals surface area contributed by atoms with Crippen LogP contribution in [0.15, 0.2) is 48.5 Å². The highest BCUT2D eigenvalue weighted by Gasteiger charge is 2.24. The van der Waals surface area contributed by atoms with Crippen molar-refractivity contribution >= 4 is 17.4 Å². The van der Waals surface area contributed by atoms with Gasteiger partial charge in [-0.1, -0.05) is 30.3 Å². The van der Waals surface area contributed by atoms with Crippen molar-refractivity contribution in [3.05, 3.63) is 65.5 Å². The number of nitrogens with two attached hydrogens (primary N) is 1. The topological polar surface area (TPSA) is 70.2 Å². The molecule has 124 valence electrons. The highest BCUT2D eigenvalue weighted by Crippen LogP contribution is 2.29. The van der Waals surface area contributed by atoms with Crippen molar-refractivity contribution in [2.24, 2.45) is 5.73 Å². The van der Waals surface area contributed by atoms with Gasteiger partial charge in [-0.2, -0.15) is 0 Å². The van der Waals surface area contributed by atoms with Gasteiger partial charge < -0.3 is 10.6 Å². The standard InChI is InChI=1S/C19H20FN3O/c20-16-6-2-1-5-15(16)18(19(22)24)13-8-10-14(11-9-13)23-12-4-3-7-17(23)21/h1-2,5-6,8-11,18,21H,3-4,7,12H2,(H2,22,24). The van der Waals surface area contributed by atoms with Crippen LogP contribution in [-0.2, 0) is 4.79 Å². The Kier molecular flexibility index (Phi) is 4.60. The molecular formula is C19H20FN3O. The number of nitrogens with one attached hydrogen (secondary N) is 1. The molecule has 1 atom stereocenters. The van der Waals surface area contributed by atoms with E-state index in [0.29, 0.717) is 11.4 Å². The van der Waals surface area contributed by atoms with Gasteiger partial charge in [-0.3, -0.25) is 10.2 Å². The number of amidine groups is 1. The number of carbonyl (C=O) groups excluding carboxylic acids is 1. The van der Waals surface area contributed by atoms with Crippen LogP contribution in [0.2, 0.25) is 0 Å². The number of hydrogen-bond acceptors (Lipinski definition) is 2. The molecule has 2 aromatic carbocycles. The Morgan fingerprint density at radius 3 is 2.46 bits per heavy atom. The van der Waals surface area contributed by atoms with Crippen molar-refractivity contribution in [1.29, 1.82) is 5.41 Å². The Morgan fingerprint density at radius 2 is 1.83 bits per heavy atom. The SMILES string of the molecule is N=C1CCCCN1c1ccc(C(C(N)=O)c2ccccc2F)cc1. The lowest BCUT2D eigenvalue weighted by atomic mass is 9.90. The second kappa shape index (κ2) is 6.83. The largest absolute Gasteiger partial charge is 0.369 e. The second-order valence-electron chi connectivity index (χ2n) is 6.00. The summed E-state index contributed by atoms with van der Waals surface area (Å²) in [6, 6.07) is 13.5. The van der Waals surface area contributed by atoms with Crippen molar-refractivity contribution in [2.45, 2.75) is 25.2 Å². The first-order valence-electron chi connectivity index (χ1n) is 8.06. The van der Waals surface area contributed by atoms with Crippen LogP contribution < -0.4 is 10.6 Å². The monoisotopic (exact) mass is 325 g/mol. The third kappa shape index (κ3) is 3.15. The number of piperidine rings is 1. The van der Waals surface area contributed by atoms with Crippen LogP contribution in [0.3, 0.4) is 0 Å². The summed E-state index contributed by atoms with van der Waals surface area (Å²) in [5.74, 6) is -1.24. The lowest BCUT2D eigenvalue weighted by molar-refractivity contribution is -0.118. The smallest absolute Gasteiger partial charge is 0.229 e. The fraction of sp³-hybridized carbons (Fsp3) is 0.263. The predicted octanol–water partition coefficient (Wildman–Crippen LogP) is 3.41. The maximum atomic E-state index is 14.1. The van der Waals surface area contributed by atoms with Crippen LogP contribution >= 0.6 is 0 Å². The molecule has 1 aliphatic rings. The molecule has 1 unspecified atom stereocenters. The minimum Gasteiger partial charge on any atom is -0.369 e. The number of hydrogen-bond donors (Lipinski definition) is 2. The summed E-state index contributed by atoms with van der Waals surface area (Å²) in [5, 5.41) is 8.05. The van der Waals surface area contributed by atoms with Crippen LogP contribution in [0.25, 0.3) is 0 Å². The van der Waals surface area contributed by atoms with Crippen LogP contribution in [0.5, 0.6) is 0 Å². The molecule has 1 heterocycles. The molecule has 5 heteroatoms. The number of primary amides is 1. The van der Waals surface area contributed by atoms with E-state index in [1.165, 1.54) is 6.07 Å². The summed E-state index contributed by atoms with van der Waals surface area (Å²) < 4.78 is 14.1. The molecule has 0 aromatic heterocycles. The Morgan fingerprint density at radius 1 is 1.12 bits per heavy atom. The lowest BCUT2D eigenvalue weighted by Crippen LogP contribution is -2.34. The zero-order valence-corrected chi connectivity index (χ0v) is 13.3. The van der Waals surface area contributed by atoms with E-state index in [-0.39, 0.29) is 5.56 Å². The summed E-state index contributed by atoms with van der Waals surface area (Å²) in [4.78, 5) is 13.9. The molecule has 1 saturated heterocycles. The van der Waals surface area contributed by atoms with Gasteiger partial charge >= 0.3 is 0 Å². The van der Waals surface area contributed by atoms with Crippen LogP contribution in [-0.4, -0.2) is 18.3 Å². The molecule has 3 rings (SSSR count). The number of halogens is 1. The molecule has 1 amide bonds. The van der Waals surface area contributed by atoms with E-state index in [2.05, 4.69) is 0 Å². The van der Waals surface area contributed by atoms with Crippen molar-refractivity contribution in [2.75, 3.05) is 11.4 Å². The van der Waals surface area contributed by atoms with Crippen molar-refractivity contribution in [3.8, 4) is 0 Å². The minimum absolute atomic E-state index is 0.281. The van der Waals surface area contributed by atoms with Crippen LogP contribution in [0.4, 0.5) is 10.1 Å². The molecule has 0 saturated carbocycles. The molecule has 0 aliphatic carbocycles. The normalized spacial score (nSPS) is 16.0. The van der Waals surface area contributed by atoms with Gasteiger partial charge in [0.15, 0.2) is 0 Å². The molecule has 1 fully saturated rings. The quantitative estimate of drug-likeness (QED) is 0.904. The van der Waals surface area contributed by atoms with Gasteiger partial charge in [0.05, 0.1) is 5.92 Å². The van der Waals surface area contributed by atoms with Crippen molar-refractivity contribution in [1.82, 2.24) is 0 Å². The Labute approximate surface area is 140 Å². The third-order valence-corrected chi connectivity index (χ3v) is 4.41. The highest BCUT2D eigenvalue weighted by molar-refractivity contribution is 5.96. The predicted molar refractivity (Wildman–Crippen MR) is 92.8 cm³/mol. The van der Waals surface area contributed by atoms with E-state index in [9.17, 15) is 9.18 Å². The van der Waals surface area contributed by atoms with E-state index < -0.39 is 17.6 Å². The van der Waals surface area contributed by atoms with Gasteiger partial charge in [-0.15, -0.1) is 0 Å². The van der Waals surface area contributed by atoms with Gasteiger partial charge in [0.1, 0.15) is 11.7 Å². The molecule has 24 heavy (non-hydrogen) atoms. The zero-order chi connectivity index (χ0) is 17.1. The number of nitrogens with zero attached hydrogens (tertiary/aromatic N) is 1. The Balaban J connectivity index is 1.92. The fourth-order valence-corrected chi connectivity index (χ4v) is 3.17. The summed E-state index contributed by atoms with van der Waals surface area (Å²) in [7, 11) is 0. The van der Waals surface area contributed by atoms with Crippen LogP contribution in [0.1, 0.15) is 36.3 Å². The Bertz CT molecular complexity index is 757. The van der Waals surface area contributed by atoms with E-state index in [1.54, 1.807) is 30.3 Å². The first-order chi connectivity index (χ1) is 11.6. The van der Waals surface area contributed by atoms with Crippen molar-refractivity contribution < 1.29 is 9.18 Å². The summed E-state index contributed by atoms with van der Waals surface area (Å²) in [6.45, 7) is 0.824. The third-order valence-electron chi connectivity index (χ3n) is 4.41. The van der Waals surface area contributed by atoms with Gasteiger partial charge in [0.2, 0.25) is 5.91 Å². The molecule has 1 aliphatic heterocycles. The summed E-state index contributed by atoms with van der Waals surface area (Å²) in [5.41, 5.74) is 7.37.